The van der Waals surface area contributed by atoms with E-state index in [-0.39, 0.29) is 11.4 Å². The molecule has 0 aromatic carbocycles. The molecule has 2 rings (SSSR count). The molecule has 0 aliphatic heterocycles. The molecule has 1 aromatic rings. The topological polar surface area (TPSA) is 59.4 Å². The van der Waals surface area contributed by atoms with Crippen LogP contribution in [-0.2, 0) is 17.6 Å². The lowest BCUT2D eigenvalue weighted by Crippen LogP contribution is -2.08. The van der Waals surface area contributed by atoms with Crippen LogP contribution in [0.3, 0.4) is 0 Å². The Morgan fingerprint density at radius 2 is 2.18 bits per heavy atom. The predicted octanol–water partition coefficient (Wildman–Crippen LogP) is 2.23. The molecule has 0 amide bonds. The first-order valence-electron chi connectivity index (χ1n) is 6.11. The Hall–Kier alpha value is -1.58. The molecule has 1 N–H and O–H groups in total. The molecule has 4 heteroatoms. The van der Waals surface area contributed by atoms with Crippen molar-refractivity contribution in [3.63, 3.8) is 0 Å². The molecule has 0 spiro atoms. The largest absolute Gasteiger partial charge is 0.493 e. The molecular weight excluding hydrogens is 218 g/mol. The Labute approximate surface area is 101 Å². The van der Waals surface area contributed by atoms with Crippen molar-refractivity contribution in [3.05, 3.63) is 22.9 Å². The molecule has 1 heterocycles. The highest BCUT2D eigenvalue weighted by molar-refractivity contribution is 5.92. The van der Waals surface area contributed by atoms with Gasteiger partial charge in [0.1, 0.15) is 5.56 Å². The lowest BCUT2D eigenvalue weighted by atomic mass is 10.1. The monoisotopic (exact) mass is 235 g/mol. The summed E-state index contributed by atoms with van der Waals surface area (Å²) in [7, 11) is 0. The lowest BCUT2D eigenvalue weighted by molar-refractivity contribution is 0.0522. The van der Waals surface area contributed by atoms with E-state index in [0.717, 1.165) is 36.9 Å². The second-order valence-corrected chi connectivity index (χ2v) is 4.25. The van der Waals surface area contributed by atoms with Gasteiger partial charge in [-0.2, -0.15) is 0 Å². The van der Waals surface area contributed by atoms with Crippen LogP contribution in [0.25, 0.3) is 0 Å². The van der Waals surface area contributed by atoms with Gasteiger partial charge in [-0.25, -0.2) is 9.78 Å². The van der Waals surface area contributed by atoms with Crippen LogP contribution >= 0.6 is 0 Å². The molecule has 0 bridgehead atoms. The van der Waals surface area contributed by atoms with Crippen molar-refractivity contribution < 1.29 is 14.6 Å². The van der Waals surface area contributed by atoms with E-state index in [9.17, 15) is 9.90 Å². The fourth-order valence-electron chi connectivity index (χ4n) is 2.16. The third kappa shape index (κ3) is 2.57. The summed E-state index contributed by atoms with van der Waals surface area (Å²) >= 11 is 0. The van der Waals surface area contributed by atoms with Crippen LogP contribution in [-0.4, -0.2) is 22.7 Å². The van der Waals surface area contributed by atoms with Gasteiger partial charge in [-0.15, -0.1) is 0 Å². The molecule has 0 unspecified atom stereocenters. The first kappa shape index (κ1) is 11.9. The van der Waals surface area contributed by atoms with Gasteiger partial charge in [-0.1, -0.05) is 6.42 Å². The fraction of sp³-hybridized carbons (Fsp3) is 0.538. The van der Waals surface area contributed by atoms with Gasteiger partial charge < -0.3 is 9.84 Å². The zero-order valence-electron chi connectivity index (χ0n) is 10.0. The summed E-state index contributed by atoms with van der Waals surface area (Å²) in [5.74, 6) is -0.700. The highest BCUT2D eigenvalue weighted by Crippen LogP contribution is 2.25. The van der Waals surface area contributed by atoms with Crippen molar-refractivity contribution in [2.45, 2.75) is 39.0 Å². The van der Waals surface area contributed by atoms with Crippen molar-refractivity contribution in [3.8, 4) is 5.88 Å². The van der Waals surface area contributed by atoms with Gasteiger partial charge in [-0.05, 0) is 44.2 Å². The SMILES string of the molecule is CCOC(=O)c1cc2c(nc1O)CCCCC2. The zero-order chi connectivity index (χ0) is 12.3. The standard InChI is InChI=1S/C13H17NO3/c1-2-17-13(16)10-8-9-6-4-3-5-7-11(9)14-12(10)15/h8H,2-7H2,1H3,(H,14,15). The molecular formula is C13H17NO3. The average Bonchev–Trinajstić information content (AvgIpc) is 2.52. The van der Waals surface area contributed by atoms with E-state index in [1.165, 1.54) is 6.42 Å². The Morgan fingerprint density at radius 1 is 1.41 bits per heavy atom. The van der Waals surface area contributed by atoms with Gasteiger partial charge >= 0.3 is 5.97 Å². The first-order chi connectivity index (χ1) is 8.22. The molecule has 1 aliphatic rings. The van der Waals surface area contributed by atoms with Gasteiger partial charge in [0.2, 0.25) is 5.88 Å². The number of aromatic nitrogens is 1. The van der Waals surface area contributed by atoms with Crippen molar-refractivity contribution in [2.24, 2.45) is 0 Å². The summed E-state index contributed by atoms with van der Waals surface area (Å²) in [5.41, 5.74) is 2.18. The number of aryl methyl sites for hydroxylation is 2. The molecule has 1 aliphatic carbocycles. The Kier molecular flexibility index (Phi) is 3.61. The van der Waals surface area contributed by atoms with Crippen LogP contribution in [0.4, 0.5) is 0 Å². The minimum Gasteiger partial charge on any atom is -0.493 e. The van der Waals surface area contributed by atoms with Gasteiger partial charge in [0.15, 0.2) is 0 Å². The van der Waals surface area contributed by atoms with Crippen LogP contribution in [0.2, 0.25) is 0 Å². The first-order valence-corrected chi connectivity index (χ1v) is 6.11. The predicted molar refractivity (Wildman–Crippen MR) is 63.1 cm³/mol. The second kappa shape index (κ2) is 5.17. The summed E-state index contributed by atoms with van der Waals surface area (Å²) in [6, 6.07) is 1.74. The maximum absolute atomic E-state index is 11.6. The number of pyridine rings is 1. The molecule has 0 atom stereocenters. The number of aromatic hydroxyl groups is 1. The van der Waals surface area contributed by atoms with E-state index in [1.807, 2.05) is 0 Å². The van der Waals surface area contributed by atoms with Gasteiger partial charge in [0.25, 0.3) is 0 Å². The Morgan fingerprint density at radius 3 is 2.94 bits per heavy atom. The van der Waals surface area contributed by atoms with Crippen molar-refractivity contribution in [1.82, 2.24) is 4.98 Å². The highest BCUT2D eigenvalue weighted by Gasteiger charge is 2.18. The molecule has 17 heavy (non-hydrogen) atoms. The number of rotatable bonds is 2. The number of hydrogen-bond acceptors (Lipinski definition) is 4. The smallest absolute Gasteiger partial charge is 0.343 e. The van der Waals surface area contributed by atoms with Crippen LogP contribution in [0.15, 0.2) is 6.07 Å². The summed E-state index contributed by atoms with van der Waals surface area (Å²) in [6.07, 6.45) is 5.19. The normalized spacial score (nSPS) is 14.9. The molecule has 0 saturated carbocycles. The number of nitrogens with zero attached hydrogens (tertiary/aromatic N) is 1. The van der Waals surface area contributed by atoms with E-state index in [2.05, 4.69) is 4.98 Å². The van der Waals surface area contributed by atoms with Crippen molar-refractivity contribution in [2.75, 3.05) is 6.61 Å². The van der Waals surface area contributed by atoms with E-state index in [4.69, 9.17) is 4.74 Å². The van der Waals surface area contributed by atoms with E-state index >= 15 is 0 Å². The average molecular weight is 235 g/mol. The molecule has 1 aromatic heterocycles. The van der Waals surface area contributed by atoms with Gasteiger partial charge in [-0.3, -0.25) is 0 Å². The Balaban J connectivity index is 2.35. The van der Waals surface area contributed by atoms with Gasteiger partial charge in [0, 0.05) is 5.69 Å². The number of carbonyl (C=O) groups excluding carboxylic acids is 1. The molecule has 4 nitrogen and oxygen atoms in total. The minimum absolute atomic E-state index is 0.188. The number of esters is 1. The molecule has 0 fully saturated rings. The third-order valence-electron chi connectivity index (χ3n) is 3.03. The Bertz CT molecular complexity index is 429. The molecule has 0 saturated heterocycles. The number of carbonyl (C=O) groups is 1. The highest BCUT2D eigenvalue weighted by atomic mass is 16.5. The van der Waals surface area contributed by atoms with E-state index in [1.54, 1.807) is 13.0 Å². The third-order valence-corrected chi connectivity index (χ3v) is 3.03. The summed E-state index contributed by atoms with van der Waals surface area (Å²) in [4.78, 5) is 15.7. The van der Waals surface area contributed by atoms with Crippen LogP contribution < -0.4 is 0 Å². The summed E-state index contributed by atoms with van der Waals surface area (Å²) in [5, 5.41) is 9.74. The second-order valence-electron chi connectivity index (χ2n) is 4.25. The van der Waals surface area contributed by atoms with Gasteiger partial charge in [0.05, 0.1) is 6.61 Å². The molecule has 92 valence electrons. The maximum Gasteiger partial charge on any atom is 0.343 e. The zero-order valence-corrected chi connectivity index (χ0v) is 10.0. The molecule has 0 radical (unpaired) electrons. The lowest BCUT2D eigenvalue weighted by Gasteiger charge is -2.09. The van der Waals surface area contributed by atoms with E-state index in [0.29, 0.717) is 6.61 Å². The fourth-order valence-corrected chi connectivity index (χ4v) is 2.16. The summed E-state index contributed by atoms with van der Waals surface area (Å²) in [6.45, 7) is 2.04. The minimum atomic E-state index is -0.496. The van der Waals surface area contributed by atoms with Crippen molar-refractivity contribution in [1.29, 1.82) is 0 Å². The van der Waals surface area contributed by atoms with Crippen LogP contribution in [0.5, 0.6) is 5.88 Å². The summed E-state index contributed by atoms with van der Waals surface area (Å²) < 4.78 is 4.89. The number of hydrogen-bond donors (Lipinski definition) is 1. The number of fused-ring (bicyclic) bond motifs is 1. The quantitative estimate of drug-likeness (QED) is 0.630. The maximum atomic E-state index is 11.6. The van der Waals surface area contributed by atoms with Crippen LogP contribution in [0, 0.1) is 0 Å². The van der Waals surface area contributed by atoms with Crippen LogP contribution in [0.1, 0.15) is 47.8 Å². The van der Waals surface area contributed by atoms with E-state index < -0.39 is 5.97 Å². The number of ether oxygens (including phenoxy) is 1. The van der Waals surface area contributed by atoms with Crippen molar-refractivity contribution >= 4 is 5.97 Å².